The second kappa shape index (κ2) is 5.41. The van der Waals surface area contributed by atoms with Crippen molar-refractivity contribution in [3.8, 4) is 0 Å². The van der Waals surface area contributed by atoms with Crippen LogP contribution in [-0.2, 0) is 15.4 Å². The van der Waals surface area contributed by atoms with Gasteiger partial charge in [0.2, 0.25) is 0 Å². The standard InChI is InChI=1S/C16H20N2O2S/c1-16(2,3)12-8-10-13(11-9-12)21(19,20)18-15-7-5-4-6-14(15)17/h4-11,18H,17H2,1-3H3. The van der Waals surface area contributed by atoms with Crippen molar-refractivity contribution < 1.29 is 8.42 Å². The fraction of sp³-hybridized carbons (Fsp3) is 0.250. The molecular weight excluding hydrogens is 284 g/mol. The summed E-state index contributed by atoms with van der Waals surface area (Å²) >= 11 is 0. The minimum atomic E-state index is -3.63. The highest BCUT2D eigenvalue weighted by molar-refractivity contribution is 7.92. The molecule has 112 valence electrons. The van der Waals surface area contributed by atoms with E-state index in [1.165, 1.54) is 0 Å². The lowest BCUT2D eigenvalue weighted by Gasteiger charge is -2.19. The zero-order chi connectivity index (χ0) is 15.7. The minimum Gasteiger partial charge on any atom is -0.397 e. The largest absolute Gasteiger partial charge is 0.397 e. The molecule has 0 bridgehead atoms. The molecule has 5 heteroatoms. The zero-order valence-corrected chi connectivity index (χ0v) is 13.2. The molecule has 2 rings (SSSR count). The average molecular weight is 304 g/mol. The highest BCUT2D eigenvalue weighted by Gasteiger charge is 2.18. The van der Waals surface area contributed by atoms with E-state index >= 15 is 0 Å². The molecule has 0 atom stereocenters. The molecule has 4 nitrogen and oxygen atoms in total. The van der Waals surface area contributed by atoms with Crippen LogP contribution in [0.4, 0.5) is 11.4 Å². The van der Waals surface area contributed by atoms with E-state index < -0.39 is 10.0 Å². The van der Waals surface area contributed by atoms with E-state index in [1.807, 2.05) is 12.1 Å². The number of nitrogens with one attached hydrogen (secondary N) is 1. The van der Waals surface area contributed by atoms with Gasteiger partial charge in [0.25, 0.3) is 10.0 Å². The van der Waals surface area contributed by atoms with E-state index in [0.29, 0.717) is 11.4 Å². The van der Waals surface area contributed by atoms with Gasteiger partial charge in [-0.2, -0.15) is 0 Å². The highest BCUT2D eigenvalue weighted by atomic mass is 32.2. The third-order valence-electron chi connectivity index (χ3n) is 3.24. The summed E-state index contributed by atoms with van der Waals surface area (Å²) in [4.78, 5) is 0.221. The van der Waals surface area contributed by atoms with Gasteiger partial charge < -0.3 is 5.73 Å². The maximum absolute atomic E-state index is 12.3. The molecule has 0 aliphatic rings. The Balaban J connectivity index is 2.30. The number of nitrogens with two attached hydrogens (primary N) is 1. The summed E-state index contributed by atoms with van der Waals surface area (Å²) in [7, 11) is -3.63. The monoisotopic (exact) mass is 304 g/mol. The van der Waals surface area contributed by atoms with Crippen molar-refractivity contribution in [2.45, 2.75) is 31.1 Å². The molecule has 2 aromatic carbocycles. The van der Waals surface area contributed by atoms with Gasteiger partial charge in [0.15, 0.2) is 0 Å². The predicted molar refractivity (Wildman–Crippen MR) is 86.8 cm³/mol. The summed E-state index contributed by atoms with van der Waals surface area (Å²) < 4.78 is 27.2. The summed E-state index contributed by atoms with van der Waals surface area (Å²) in [5.41, 5.74) is 7.61. The van der Waals surface area contributed by atoms with E-state index in [4.69, 9.17) is 5.73 Å². The van der Waals surface area contributed by atoms with E-state index in [1.54, 1.807) is 36.4 Å². The Morgan fingerprint density at radius 3 is 2.05 bits per heavy atom. The van der Waals surface area contributed by atoms with Gasteiger partial charge in [-0.3, -0.25) is 4.72 Å². The molecule has 0 saturated heterocycles. The lowest BCUT2D eigenvalue weighted by Crippen LogP contribution is -2.15. The normalized spacial score (nSPS) is 12.1. The smallest absolute Gasteiger partial charge is 0.261 e. The molecule has 0 aromatic heterocycles. The van der Waals surface area contributed by atoms with Crippen LogP contribution in [0.1, 0.15) is 26.3 Å². The topological polar surface area (TPSA) is 72.2 Å². The van der Waals surface area contributed by atoms with Gasteiger partial charge in [-0.05, 0) is 35.2 Å². The molecule has 0 amide bonds. The Bertz CT molecular complexity index is 730. The molecule has 21 heavy (non-hydrogen) atoms. The first-order valence-electron chi connectivity index (χ1n) is 6.68. The fourth-order valence-electron chi connectivity index (χ4n) is 1.93. The summed E-state index contributed by atoms with van der Waals surface area (Å²) in [5, 5.41) is 0. The Morgan fingerprint density at radius 2 is 1.52 bits per heavy atom. The van der Waals surface area contributed by atoms with E-state index in [0.717, 1.165) is 5.56 Å². The van der Waals surface area contributed by atoms with Gasteiger partial charge in [0.1, 0.15) is 0 Å². The highest BCUT2D eigenvalue weighted by Crippen LogP contribution is 2.25. The van der Waals surface area contributed by atoms with Gasteiger partial charge in [-0.25, -0.2) is 8.42 Å². The van der Waals surface area contributed by atoms with Crippen LogP contribution in [0.5, 0.6) is 0 Å². The van der Waals surface area contributed by atoms with Crippen molar-refractivity contribution in [1.29, 1.82) is 0 Å². The first-order valence-corrected chi connectivity index (χ1v) is 8.16. The van der Waals surface area contributed by atoms with Gasteiger partial charge in [0.05, 0.1) is 16.3 Å². The third-order valence-corrected chi connectivity index (χ3v) is 4.62. The van der Waals surface area contributed by atoms with Crippen molar-refractivity contribution in [2.75, 3.05) is 10.5 Å². The predicted octanol–water partition coefficient (Wildman–Crippen LogP) is 3.37. The minimum absolute atomic E-state index is 0.0143. The van der Waals surface area contributed by atoms with Gasteiger partial charge in [-0.1, -0.05) is 45.0 Å². The maximum Gasteiger partial charge on any atom is 0.261 e. The van der Waals surface area contributed by atoms with Crippen LogP contribution in [0.2, 0.25) is 0 Å². The zero-order valence-electron chi connectivity index (χ0n) is 12.4. The summed E-state index contributed by atoms with van der Waals surface area (Å²) in [6.45, 7) is 6.25. The molecule has 2 aromatic rings. The van der Waals surface area contributed by atoms with Crippen LogP contribution in [0.3, 0.4) is 0 Å². The summed E-state index contributed by atoms with van der Waals surface area (Å²) in [5.74, 6) is 0. The third kappa shape index (κ3) is 3.55. The Hall–Kier alpha value is -2.01. The molecular formula is C16H20N2O2S. The van der Waals surface area contributed by atoms with Crippen LogP contribution in [0, 0.1) is 0 Å². The van der Waals surface area contributed by atoms with E-state index in [9.17, 15) is 8.42 Å². The van der Waals surface area contributed by atoms with Crippen molar-refractivity contribution in [3.63, 3.8) is 0 Å². The SMILES string of the molecule is CC(C)(C)c1ccc(S(=O)(=O)Nc2ccccc2N)cc1. The van der Waals surface area contributed by atoms with Crippen molar-refractivity contribution >= 4 is 21.4 Å². The fourth-order valence-corrected chi connectivity index (χ4v) is 3.02. The molecule has 0 radical (unpaired) electrons. The van der Waals surface area contributed by atoms with Crippen molar-refractivity contribution in [3.05, 3.63) is 54.1 Å². The number of para-hydroxylation sites is 2. The summed E-state index contributed by atoms with van der Waals surface area (Å²) in [6.07, 6.45) is 0. The van der Waals surface area contributed by atoms with Crippen LogP contribution in [-0.4, -0.2) is 8.42 Å². The first kappa shape index (κ1) is 15.4. The molecule has 0 saturated carbocycles. The molecule has 0 aliphatic carbocycles. The van der Waals surface area contributed by atoms with Crippen LogP contribution >= 0.6 is 0 Å². The number of nitrogen functional groups attached to an aromatic ring is 1. The quantitative estimate of drug-likeness (QED) is 0.854. The lowest BCUT2D eigenvalue weighted by atomic mass is 9.87. The van der Waals surface area contributed by atoms with E-state index in [2.05, 4.69) is 25.5 Å². The van der Waals surface area contributed by atoms with Gasteiger partial charge in [-0.15, -0.1) is 0 Å². The summed E-state index contributed by atoms with van der Waals surface area (Å²) in [6, 6.07) is 13.7. The maximum atomic E-state index is 12.3. The van der Waals surface area contributed by atoms with Gasteiger partial charge >= 0.3 is 0 Å². The molecule has 0 unspecified atom stereocenters. The average Bonchev–Trinajstić information content (AvgIpc) is 2.40. The molecule has 3 N–H and O–H groups in total. The molecule has 0 fully saturated rings. The molecule has 0 aliphatic heterocycles. The number of benzene rings is 2. The second-order valence-electron chi connectivity index (χ2n) is 5.97. The van der Waals surface area contributed by atoms with Crippen molar-refractivity contribution in [2.24, 2.45) is 0 Å². The molecule has 0 heterocycles. The van der Waals surface area contributed by atoms with E-state index in [-0.39, 0.29) is 10.3 Å². The van der Waals surface area contributed by atoms with Crippen LogP contribution < -0.4 is 10.5 Å². The lowest BCUT2D eigenvalue weighted by molar-refractivity contribution is 0.587. The van der Waals surface area contributed by atoms with Gasteiger partial charge in [0, 0.05) is 0 Å². The van der Waals surface area contributed by atoms with Crippen molar-refractivity contribution in [1.82, 2.24) is 0 Å². The molecule has 0 spiro atoms. The Labute approximate surface area is 126 Å². The number of sulfonamides is 1. The van der Waals surface area contributed by atoms with Crippen LogP contribution in [0.15, 0.2) is 53.4 Å². The number of rotatable bonds is 3. The second-order valence-corrected chi connectivity index (χ2v) is 7.65. The first-order chi connectivity index (χ1) is 9.70. The number of hydrogen-bond donors (Lipinski definition) is 2. The Kier molecular flexibility index (Phi) is 3.96. The number of anilines is 2. The van der Waals surface area contributed by atoms with Crippen LogP contribution in [0.25, 0.3) is 0 Å². The Morgan fingerprint density at radius 1 is 0.952 bits per heavy atom. The number of hydrogen-bond acceptors (Lipinski definition) is 3.